The van der Waals surface area contributed by atoms with Crippen molar-refractivity contribution in [3.05, 3.63) is 65.2 Å². The van der Waals surface area contributed by atoms with E-state index in [-0.39, 0.29) is 22.7 Å². The minimum Gasteiger partial charge on any atom is -0.385 e. The van der Waals surface area contributed by atoms with Crippen LogP contribution in [0.4, 0.5) is 18.9 Å². The van der Waals surface area contributed by atoms with Gasteiger partial charge in [-0.05, 0) is 36.8 Å². The first kappa shape index (κ1) is 20.4. The molecule has 2 aromatic rings. The van der Waals surface area contributed by atoms with Gasteiger partial charge in [-0.1, -0.05) is 18.2 Å². The van der Waals surface area contributed by atoms with Crippen molar-refractivity contribution in [1.82, 2.24) is 5.32 Å². The van der Waals surface area contributed by atoms with Gasteiger partial charge >= 0.3 is 6.18 Å². The molecule has 2 aromatic carbocycles. The standard InChI is InChI=1S/C19H19F3N2O3/c1-27-11-5-10-23-17(25)13-6-4-7-14(12-13)18(26)24-16-9-3-2-8-15(16)19(20,21)22/h2-4,6-9,12H,5,10-11H2,1H3,(H,23,25)(H,24,26). The van der Waals surface area contributed by atoms with Crippen LogP contribution in [0, 0.1) is 0 Å². The SMILES string of the molecule is COCCCNC(=O)c1cccc(C(=O)Nc2ccccc2C(F)(F)F)c1. The van der Waals surface area contributed by atoms with Crippen molar-refractivity contribution in [1.29, 1.82) is 0 Å². The minimum absolute atomic E-state index is 0.0801. The smallest absolute Gasteiger partial charge is 0.385 e. The third-order valence-electron chi connectivity index (χ3n) is 3.68. The van der Waals surface area contributed by atoms with Crippen LogP contribution >= 0.6 is 0 Å². The molecule has 0 atom stereocenters. The number of benzene rings is 2. The van der Waals surface area contributed by atoms with E-state index in [2.05, 4.69) is 10.6 Å². The largest absolute Gasteiger partial charge is 0.418 e. The van der Waals surface area contributed by atoms with Gasteiger partial charge < -0.3 is 15.4 Å². The van der Waals surface area contributed by atoms with Crippen LogP contribution in [0.5, 0.6) is 0 Å². The van der Waals surface area contributed by atoms with Crippen molar-refractivity contribution in [2.45, 2.75) is 12.6 Å². The van der Waals surface area contributed by atoms with E-state index in [1.807, 2.05) is 0 Å². The molecule has 144 valence electrons. The molecule has 0 aliphatic rings. The van der Waals surface area contributed by atoms with E-state index < -0.39 is 17.6 Å². The molecule has 5 nitrogen and oxygen atoms in total. The Labute approximate surface area is 154 Å². The summed E-state index contributed by atoms with van der Waals surface area (Å²) in [6.45, 7) is 0.906. The van der Waals surface area contributed by atoms with Crippen molar-refractivity contribution in [3.8, 4) is 0 Å². The zero-order valence-corrected chi connectivity index (χ0v) is 14.6. The summed E-state index contributed by atoms with van der Waals surface area (Å²) in [5.41, 5.74) is -0.962. The highest BCUT2D eigenvalue weighted by Crippen LogP contribution is 2.34. The van der Waals surface area contributed by atoms with Gasteiger partial charge in [-0.25, -0.2) is 0 Å². The summed E-state index contributed by atoms with van der Waals surface area (Å²) >= 11 is 0. The Morgan fingerprint density at radius 1 is 1.00 bits per heavy atom. The molecule has 27 heavy (non-hydrogen) atoms. The van der Waals surface area contributed by atoms with Crippen LogP contribution < -0.4 is 10.6 Å². The van der Waals surface area contributed by atoms with Gasteiger partial charge in [0.15, 0.2) is 0 Å². The number of carbonyl (C=O) groups excluding carboxylic acids is 2. The number of alkyl halides is 3. The second kappa shape index (κ2) is 9.18. The lowest BCUT2D eigenvalue weighted by Gasteiger charge is -2.13. The van der Waals surface area contributed by atoms with E-state index in [0.29, 0.717) is 19.6 Å². The Morgan fingerprint density at radius 2 is 1.67 bits per heavy atom. The van der Waals surface area contributed by atoms with E-state index in [9.17, 15) is 22.8 Å². The first-order valence-corrected chi connectivity index (χ1v) is 8.17. The fraction of sp³-hybridized carbons (Fsp3) is 0.263. The molecule has 0 fully saturated rings. The van der Waals surface area contributed by atoms with Gasteiger partial charge in [0.1, 0.15) is 0 Å². The molecule has 0 spiro atoms. The molecular weight excluding hydrogens is 361 g/mol. The predicted molar refractivity (Wildman–Crippen MR) is 94.7 cm³/mol. The van der Waals surface area contributed by atoms with Crippen LogP contribution in [0.1, 0.15) is 32.7 Å². The normalized spacial score (nSPS) is 11.1. The van der Waals surface area contributed by atoms with Gasteiger partial charge in [0, 0.05) is 31.4 Å². The third kappa shape index (κ3) is 5.82. The number of anilines is 1. The average molecular weight is 380 g/mol. The topological polar surface area (TPSA) is 67.4 Å². The number of ether oxygens (including phenoxy) is 1. The Kier molecular flexibility index (Phi) is 6.95. The van der Waals surface area contributed by atoms with Crippen molar-refractivity contribution in [2.24, 2.45) is 0 Å². The third-order valence-corrected chi connectivity index (χ3v) is 3.68. The molecule has 0 aliphatic heterocycles. The molecular formula is C19H19F3N2O3. The summed E-state index contributed by atoms with van der Waals surface area (Å²) in [5.74, 6) is -1.11. The molecule has 0 saturated heterocycles. The Morgan fingerprint density at radius 3 is 2.33 bits per heavy atom. The van der Waals surface area contributed by atoms with Crippen molar-refractivity contribution in [3.63, 3.8) is 0 Å². The van der Waals surface area contributed by atoms with Gasteiger partial charge in [0.2, 0.25) is 0 Å². The van der Waals surface area contributed by atoms with E-state index in [1.54, 1.807) is 7.11 Å². The first-order valence-electron chi connectivity index (χ1n) is 8.17. The second-order valence-electron chi connectivity index (χ2n) is 5.68. The van der Waals surface area contributed by atoms with E-state index in [1.165, 1.54) is 42.5 Å². The molecule has 0 bridgehead atoms. The fourth-order valence-corrected chi connectivity index (χ4v) is 2.36. The molecule has 2 rings (SSSR count). The lowest BCUT2D eigenvalue weighted by molar-refractivity contribution is -0.136. The molecule has 2 N–H and O–H groups in total. The predicted octanol–water partition coefficient (Wildman–Crippen LogP) is 3.72. The maximum atomic E-state index is 13.0. The molecule has 2 amide bonds. The summed E-state index contributed by atoms with van der Waals surface area (Å²) < 4.78 is 44.0. The fourth-order valence-electron chi connectivity index (χ4n) is 2.36. The number of amides is 2. The van der Waals surface area contributed by atoms with Gasteiger partial charge in [0.25, 0.3) is 11.8 Å². The van der Waals surface area contributed by atoms with E-state index in [0.717, 1.165) is 6.07 Å². The van der Waals surface area contributed by atoms with Gasteiger partial charge in [-0.15, -0.1) is 0 Å². The Balaban J connectivity index is 2.11. The zero-order valence-electron chi connectivity index (χ0n) is 14.6. The number of para-hydroxylation sites is 1. The van der Waals surface area contributed by atoms with Gasteiger partial charge in [-0.2, -0.15) is 13.2 Å². The maximum absolute atomic E-state index is 13.0. The van der Waals surface area contributed by atoms with Crippen molar-refractivity contribution < 1.29 is 27.5 Å². The average Bonchev–Trinajstić information content (AvgIpc) is 2.64. The number of hydrogen-bond donors (Lipinski definition) is 2. The van der Waals surface area contributed by atoms with Crippen LogP contribution in [0.3, 0.4) is 0 Å². The number of halogens is 3. The monoisotopic (exact) mass is 380 g/mol. The second-order valence-corrected chi connectivity index (χ2v) is 5.68. The quantitative estimate of drug-likeness (QED) is 0.720. The molecule has 0 unspecified atom stereocenters. The lowest BCUT2D eigenvalue weighted by atomic mass is 10.1. The molecule has 0 heterocycles. The highest BCUT2D eigenvalue weighted by molar-refractivity contribution is 6.06. The van der Waals surface area contributed by atoms with Crippen molar-refractivity contribution in [2.75, 3.05) is 25.6 Å². The minimum atomic E-state index is -4.59. The molecule has 0 saturated carbocycles. The molecule has 0 aromatic heterocycles. The van der Waals surface area contributed by atoms with E-state index in [4.69, 9.17) is 4.74 Å². The highest BCUT2D eigenvalue weighted by atomic mass is 19.4. The van der Waals surface area contributed by atoms with Crippen LogP contribution in [0.2, 0.25) is 0 Å². The van der Waals surface area contributed by atoms with Gasteiger partial charge in [-0.3, -0.25) is 9.59 Å². The van der Waals surface area contributed by atoms with Crippen LogP contribution in [-0.2, 0) is 10.9 Å². The van der Waals surface area contributed by atoms with Crippen LogP contribution in [0.15, 0.2) is 48.5 Å². The maximum Gasteiger partial charge on any atom is 0.418 e. The van der Waals surface area contributed by atoms with E-state index >= 15 is 0 Å². The first-order chi connectivity index (χ1) is 12.8. The molecule has 8 heteroatoms. The van der Waals surface area contributed by atoms with Gasteiger partial charge in [0.05, 0.1) is 11.3 Å². The van der Waals surface area contributed by atoms with Crippen LogP contribution in [0.25, 0.3) is 0 Å². The number of rotatable bonds is 7. The number of carbonyl (C=O) groups is 2. The number of hydrogen-bond acceptors (Lipinski definition) is 3. The summed E-state index contributed by atoms with van der Waals surface area (Å²) in [6.07, 6.45) is -3.95. The Bertz CT molecular complexity index is 807. The zero-order chi connectivity index (χ0) is 19.9. The summed E-state index contributed by atoms with van der Waals surface area (Å²) in [7, 11) is 1.56. The van der Waals surface area contributed by atoms with Crippen LogP contribution in [-0.4, -0.2) is 32.1 Å². The summed E-state index contributed by atoms with van der Waals surface area (Å²) in [4.78, 5) is 24.4. The Hall–Kier alpha value is -2.87. The number of methoxy groups -OCH3 is 1. The molecule has 0 radical (unpaired) electrons. The molecule has 0 aliphatic carbocycles. The summed E-state index contributed by atoms with van der Waals surface area (Å²) in [6, 6.07) is 10.5. The number of nitrogens with one attached hydrogen (secondary N) is 2. The highest BCUT2D eigenvalue weighted by Gasteiger charge is 2.33. The lowest BCUT2D eigenvalue weighted by Crippen LogP contribution is -2.25. The van der Waals surface area contributed by atoms with Crippen molar-refractivity contribution >= 4 is 17.5 Å². The summed E-state index contributed by atoms with van der Waals surface area (Å²) in [5, 5.41) is 4.93.